The molecule has 0 atom stereocenters. The number of methoxy groups -OCH3 is 1. The molecule has 112 valence electrons. The first-order chi connectivity index (χ1) is 10.2. The molecule has 0 unspecified atom stereocenters. The molecule has 1 heterocycles. The van der Waals surface area contributed by atoms with Crippen LogP contribution < -0.4 is 16.4 Å². The van der Waals surface area contributed by atoms with Gasteiger partial charge in [0.15, 0.2) is 0 Å². The van der Waals surface area contributed by atoms with Crippen LogP contribution in [0, 0.1) is 11.8 Å². The third-order valence-electron chi connectivity index (χ3n) is 2.37. The van der Waals surface area contributed by atoms with Crippen LogP contribution >= 0.6 is 0 Å². The third kappa shape index (κ3) is 6.51. The van der Waals surface area contributed by atoms with E-state index in [1.165, 1.54) is 12.4 Å². The molecule has 0 bridgehead atoms. The van der Waals surface area contributed by atoms with Crippen LogP contribution in [0.5, 0.6) is 0 Å². The molecule has 0 radical (unpaired) electrons. The molecule has 0 saturated carbocycles. The van der Waals surface area contributed by atoms with Gasteiger partial charge in [0, 0.05) is 31.6 Å². The van der Waals surface area contributed by atoms with Crippen molar-refractivity contribution in [3.05, 3.63) is 29.6 Å². The standard InChI is InChI=1S/C14H18N4O3/c1-21-6-5-17-13(19)10-18-14(20)12-7-11(3-2-4-15)8-16-9-12/h7-9H,4-6,10,15H2,1H3,(H,17,19)(H,18,20). The third-order valence-corrected chi connectivity index (χ3v) is 2.37. The molecule has 1 rings (SSSR count). The van der Waals surface area contributed by atoms with Crippen molar-refractivity contribution in [2.75, 3.05) is 33.4 Å². The number of hydrogen-bond acceptors (Lipinski definition) is 5. The molecule has 0 aromatic carbocycles. The molecule has 7 nitrogen and oxygen atoms in total. The maximum atomic E-state index is 11.9. The molecule has 1 aromatic rings. The predicted molar refractivity (Wildman–Crippen MR) is 77.4 cm³/mol. The molecule has 0 aliphatic carbocycles. The summed E-state index contributed by atoms with van der Waals surface area (Å²) in [5, 5.41) is 5.10. The first-order valence-electron chi connectivity index (χ1n) is 6.35. The van der Waals surface area contributed by atoms with Gasteiger partial charge in [-0.3, -0.25) is 14.6 Å². The molecule has 1 aromatic heterocycles. The Morgan fingerprint density at radius 1 is 1.38 bits per heavy atom. The van der Waals surface area contributed by atoms with E-state index in [0.717, 1.165) is 0 Å². The largest absolute Gasteiger partial charge is 0.383 e. The number of nitrogens with zero attached hydrogens (tertiary/aromatic N) is 1. The first kappa shape index (κ1) is 16.6. The molecule has 0 spiro atoms. The van der Waals surface area contributed by atoms with Gasteiger partial charge >= 0.3 is 0 Å². The summed E-state index contributed by atoms with van der Waals surface area (Å²) < 4.78 is 4.80. The highest BCUT2D eigenvalue weighted by molar-refractivity contribution is 5.96. The maximum Gasteiger partial charge on any atom is 0.253 e. The van der Waals surface area contributed by atoms with Gasteiger partial charge in [0.1, 0.15) is 0 Å². The highest BCUT2D eigenvalue weighted by Crippen LogP contribution is 2.01. The Balaban J connectivity index is 2.50. The van der Waals surface area contributed by atoms with Gasteiger partial charge in [0.25, 0.3) is 5.91 Å². The molecule has 0 fully saturated rings. The molecule has 0 saturated heterocycles. The van der Waals surface area contributed by atoms with Crippen LogP contribution in [0.2, 0.25) is 0 Å². The number of aromatic nitrogens is 1. The fourth-order valence-corrected chi connectivity index (χ4v) is 1.40. The van der Waals surface area contributed by atoms with Gasteiger partial charge in [-0.25, -0.2) is 0 Å². The van der Waals surface area contributed by atoms with E-state index in [1.807, 2.05) is 0 Å². The lowest BCUT2D eigenvalue weighted by molar-refractivity contribution is -0.120. The summed E-state index contributed by atoms with van der Waals surface area (Å²) in [6.07, 6.45) is 2.95. The molecular weight excluding hydrogens is 272 g/mol. The zero-order valence-electron chi connectivity index (χ0n) is 11.8. The van der Waals surface area contributed by atoms with E-state index >= 15 is 0 Å². The van der Waals surface area contributed by atoms with Gasteiger partial charge in [0.2, 0.25) is 5.91 Å². The van der Waals surface area contributed by atoms with E-state index in [2.05, 4.69) is 27.5 Å². The topological polar surface area (TPSA) is 106 Å². The summed E-state index contributed by atoms with van der Waals surface area (Å²) in [5.41, 5.74) is 6.21. The number of rotatable bonds is 6. The van der Waals surface area contributed by atoms with Crippen LogP contribution in [-0.2, 0) is 9.53 Å². The minimum Gasteiger partial charge on any atom is -0.383 e. The van der Waals surface area contributed by atoms with Crippen LogP contribution in [0.1, 0.15) is 15.9 Å². The number of carbonyl (C=O) groups is 2. The lowest BCUT2D eigenvalue weighted by Crippen LogP contribution is -2.38. The number of nitrogens with two attached hydrogens (primary N) is 1. The normalized spacial score (nSPS) is 9.43. The number of nitrogens with one attached hydrogen (secondary N) is 2. The molecule has 7 heteroatoms. The fraction of sp³-hybridized carbons (Fsp3) is 0.357. The Hall–Kier alpha value is -2.43. The van der Waals surface area contributed by atoms with Gasteiger partial charge in [-0.15, -0.1) is 0 Å². The quantitative estimate of drug-likeness (QED) is 0.455. The van der Waals surface area contributed by atoms with E-state index in [1.54, 1.807) is 13.2 Å². The van der Waals surface area contributed by atoms with E-state index in [4.69, 9.17) is 10.5 Å². The number of pyridine rings is 1. The SMILES string of the molecule is COCCNC(=O)CNC(=O)c1cncc(C#CCN)c1. The molecule has 4 N–H and O–H groups in total. The predicted octanol–water partition coefficient (Wildman–Crippen LogP) is -1.12. The second kappa shape index (κ2) is 9.47. The van der Waals surface area contributed by atoms with Gasteiger partial charge in [-0.1, -0.05) is 11.8 Å². The monoisotopic (exact) mass is 290 g/mol. The van der Waals surface area contributed by atoms with Gasteiger partial charge in [-0.05, 0) is 6.07 Å². The Morgan fingerprint density at radius 2 is 2.19 bits per heavy atom. The van der Waals surface area contributed by atoms with Crippen molar-refractivity contribution in [1.82, 2.24) is 15.6 Å². The van der Waals surface area contributed by atoms with Crippen molar-refractivity contribution < 1.29 is 14.3 Å². The maximum absolute atomic E-state index is 11.9. The fourth-order valence-electron chi connectivity index (χ4n) is 1.40. The molecule has 0 aliphatic rings. The second-order valence-corrected chi connectivity index (χ2v) is 3.99. The average Bonchev–Trinajstić information content (AvgIpc) is 2.51. The van der Waals surface area contributed by atoms with E-state index < -0.39 is 0 Å². The summed E-state index contributed by atoms with van der Waals surface area (Å²) >= 11 is 0. The van der Waals surface area contributed by atoms with Crippen LogP contribution in [0.3, 0.4) is 0 Å². The summed E-state index contributed by atoms with van der Waals surface area (Å²) in [6.45, 7) is 0.946. The van der Waals surface area contributed by atoms with Crippen molar-refractivity contribution in [2.45, 2.75) is 0 Å². The smallest absolute Gasteiger partial charge is 0.253 e. The minimum atomic E-state index is -0.388. The van der Waals surface area contributed by atoms with Crippen LogP contribution in [0.25, 0.3) is 0 Å². The zero-order valence-corrected chi connectivity index (χ0v) is 11.8. The summed E-state index contributed by atoms with van der Waals surface area (Å²) in [7, 11) is 1.54. The van der Waals surface area contributed by atoms with E-state index in [9.17, 15) is 9.59 Å². The average molecular weight is 290 g/mol. The Kier molecular flexibility index (Phi) is 7.50. The number of ether oxygens (including phenoxy) is 1. The molecule has 2 amide bonds. The van der Waals surface area contributed by atoms with Gasteiger partial charge in [-0.2, -0.15) is 0 Å². The van der Waals surface area contributed by atoms with Crippen molar-refractivity contribution in [1.29, 1.82) is 0 Å². The van der Waals surface area contributed by atoms with Crippen molar-refractivity contribution in [3.63, 3.8) is 0 Å². The Labute approximate surface area is 123 Å². The minimum absolute atomic E-state index is 0.110. The van der Waals surface area contributed by atoms with Crippen molar-refractivity contribution >= 4 is 11.8 Å². The number of amides is 2. The highest BCUT2D eigenvalue weighted by Gasteiger charge is 2.08. The van der Waals surface area contributed by atoms with Gasteiger partial charge < -0.3 is 21.1 Å². The second-order valence-electron chi connectivity index (χ2n) is 3.99. The molecule has 0 aliphatic heterocycles. The summed E-state index contributed by atoms with van der Waals surface area (Å²) in [5.74, 6) is 4.79. The lowest BCUT2D eigenvalue weighted by atomic mass is 10.2. The highest BCUT2D eigenvalue weighted by atomic mass is 16.5. The van der Waals surface area contributed by atoms with E-state index in [-0.39, 0.29) is 24.9 Å². The van der Waals surface area contributed by atoms with Crippen LogP contribution in [0.4, 0.5) is 0 Å². The number of carbonyl (C=O) groups excluding carboxylic acids is 2. The summed E-state index contributed by atoms with van der Waals surface area (Å²) in [4.78, 5) is 27.2. The Morgan fingerprint density at radius 3 is 2.90 bits per heavy atom. The number of hydrogen-bond donors (Lipinski definition) is 3. The Bertz CT molecular complexity index is 549. The van der Waals surface area contributed by atoms with Crippen molar-refractivity contribution in [3.8, 4) is 11.8 Å². The van der Waals surface area contributed by atoms with Crippen LogP contribution in [0.15, 0.2) is 18.5 Å². The van der Waals surface area contributed by atoms with Crippen molar-refractivity contribution in [2.24, 2.45) is 5.73 Å². The summed E-state index contributed by atoms with van der Waals surface area (Å²) in [6, 6.07) is 1.59. The van der Waals surface area contributed by atoms with Crippen LogP contribution in [-0.4, -0.2) is 50.1 Å². The first-order valence-corrected chi connectivity index (χ1v) is 6.35. The molecular formula is C14H18N4O3. The molecule has 21 heavy (non-hydrogen) atoms. The van der Waals surface area contributed by atoms with E-state index in [0.29, 0.717) is 24.3 Å². The zero-order chi connectivity index (χ0) is 15.5. The lowest BCUT2D eigenvalue weighted by Gasteiger charge is -2.06. The van der Waals surface area contributed by atoms with Gasteiger partial charge in [0.05, 0.1) is 25.3 Å².